The molecular weight excluding hydrogens is 312 g/mol. The molecule has 2 atom stereocenters. The Morgan fingerprint density at radius 2 is 2.35 bits per heavy atom. The van der Waals surface area contributed by atoms with Gasteiger partial charge in [0.1, 0.15) is 11.9 Å². The molecule has 0 radical (unpaired) electrons. The minimum atomic E-state index is -0.106. The Hall–Kier alpha value is -1.86. The molecular formula is C16H22N4O2S. The number of thiophene rings is 1. The van der Waals surface area contributed by atoms with E-state index < -0.39 is 0 Å². The fraction of sp³-hybridized carbons (Fsp3) is 0.500. The molecule has 7 heteroatoms. The molecule has 2 amide bonds. The molecule has 2 aromatic rings. The number of carbonyl (C=O) groups excluding carboxylic acids is 1. The highest BCUT2D eigenvalue weighted by Crippen LogP contribution is 2.27. The third-order valence-electron chi connectivity index (χ3n) is 3.99. The zero-order valence-corrected chi connectivity index (χ0v) is 14.5. The minimum absolute atomic E-state index is 0.0112. The van der Waals surface area contributed by atoms with Gasteiger partial charge in [0.05, 0.1) is 18.3 Å². The van der Waals surface area contributed by atoms with E-state index in [1.54, 1.807) is 16.0 Å². The Kier molecular flexibility index (Phi) is 4.68. The van der Waals surface area contributed by atoms with Gasteiger partial charge in [-0.1, -0.05) is 6.92 Å². The summed E-state index contributed by atoms with van der Waals surface area (Å²) in [4.78, 5) is 14.4. The lowest BCUT2D eigenvalue weighted by atomic mass is 10.1. The van der Waals surface area contributed by atoms with Crippen molar-refractivity contribution in [1.29, 1.82) is 0 Å². The summed E-state index contributed by atoms with van der Waals surface area (Å²) >= 11 is 1.64. The molecule has 0 aromatic carbocycles. The molecule has 1 saturated heterocycles. The number of morpholine rings is 1. The molecule has 23 heavy (non-hydrogen) atoms. The van der Waals surface area contributed by atoms with Crippen LogP contribution >= 0.6 is 11.3 Å². The van der Waals surface area contributed by atoms with Crippen molar-refractivity contribution in [3.05, 3.63) is 34.2 Å². The molecule has 1 aliphatic heterocycles. The van der Waals surface area contributed by atoms with Gasteiger partial charge in [0.25, 0.3) is 0 Å². The first-order chi connectivity index (χ1) is 11.1. The number of aromatic nitrogens is 2. The van der Waals surface area contributed by atoms with Gasteiger partial charge in [0.15, 0.2) is 0 Å². The molecule has 1 N–H and O–H groups in total. The number of anilines is 1. The van der Waals surface area contributed by atoms with Gasteiger partial charge in [-0.2, -0.15) is 16.4 Å². The first kappa shape index (κ1) is 16.0. The lowest BCUT2D eigenvalue weighted by Gasteiger charge is -2.36. The van der Waals surface area contributed by atoms with E-state index in [2.05, 4.69) is 21.9 Å². The maximum absolute atomic E-state index is 12.6. The standard InChI is InChI=1S/C16H22N4O2S/c1-4-13-7-15(19(3)18-13)17-16(21)20-8-11(2)22-14(9-20)12-5-6-23-10-12/h5-7,10-11,14H,4,8-9H2,1-3H3,(H,17,21)/t11-,14+/m0/s1. The second kappa shape index (κ2) is 6.72. The summed E-state index contributed by atoms with van der Waals surface area (Å²) in [7, 11) is 1.84. The number of nitrogens with zero attached hydrogens (tertiary/aromatic N) is 3. The van der Waals surface area contributed by atoms with Gasteiger partial charge in [0.2, 0.25) is 0 Å². The largest absolute Gasteiger partial charge is 0.367 e. The summed E-state index contributed by atoms with van der Waals surface area (Å²) in [6.07, 6.45) is 0.795. The summed E-state index contributed by atoms with van der Waals surface area (Å²) in [6.45, 7) is 5.19. The second-order valence-electron chi connectivity index (χ2n) is 5.83. The van der Waals surface area contributed by atoms with E-state index in [1.165, 1.54) is 0 Å². The SMILES string of the molecule is CCc1cc(NC(=O)N2C[C@H](C)O[C@@H](c3ccsc3)C2)n(C)n1. The lowest BCUT2D eigenvalue weighted by molar-refractivity contribution is -0.0641. The monoisotopic (exact) mass is 334 g/mol. The third kappa shape index (κ3) is 3.56. The van der Waals surface area contributed by atoms with Crippen LogP contribution in [0.2, 0.25) is 0 Å². The quantitative estimate of drug-likeness (QED) is 0.938. The highest BCUT2D eigenvalue weighted by atomic mass is 32.1. The normalized spacial score (nSPS) is 21.4. The van der Waals surface area contributed by atoms with Crippen LogP contribution in [-0.2, 0) is 18.2 Å². The van der Waals surface area contributed by atoms with Crippen LogP contribution in [0.1, 0.15) is 31.2 Å². The second-order valence-corrected chi connectivity index (χ2v) is 6.61. The summed E-state index contributed by atoms with van der Waals surface area (Å²) in [5, 5.41) is 11.4. The highest BCUT2D eigenvalue weighted by Gasteiger charge is 2.30. The predicted molar refractivity (Wildman–Crippen MR) is 90.8 cm³/mol. The Bertz CT molecular complexity index is 668. The molecule has 3 heterocycles. The number of nitrogens with one attached hydrogen (secondary N) is 1. The number of aryl methyl sites for hydroxylation is 2. The average Bonchev–Trinajstić information content (AvgIpc) is 3.17. The Morgan fingerprint density at radius 1 is 1.52 bits per heavy atom. The van der Waals surface area contributed by atoms with Crippen molar-refractivity contribution in [3.63, 3.8) is 0 Å². The Labute approximate surface area is 140 Å². The van der Waals surface area contributed by atoms with Crippen LogP contribution in [0.3, 0.4) is 0 Å². The molecule has 124 valence electrons. The van der Waals surface area contributed by atoms with E-state index in [-0.39, 0.29) is 18.2 Å². The molecule has 0 bridgehead atoms. The van der Waals surface area contributed by atoms with Gasteiger partial charge < -0.3 is 9.64 Å². The summed E-state index contributed by atoms with van der Waals surface area (Å²) in [5.41, 5.74) is 2.10. The smallest absolute Gasteiger partial charge is 0.323 e. The van der Waals surface area contributed by atoms with Crippen LogP contribution in [0.4, 0.5) is 10.6 Å². The van der Waals surface area contributed by atoms with Crippen LogP contribution in [0.5, 0.6) is 0 Å². The predicted octanol–water partition coefficient (Wildman–Crippen LogP) is 3.04. The van der Waals surface area contributed by atoms with Crippen LogP contribution in [-0.4, -0.2) is 39.9 Å². The van der Waals surface area contributed by atoms with Crippen molar-refractivity contribution in [1.82, 2.24) is 14.7 Å². The molecule has 0 aliphatic carbocycles. The van der Waals surface area contributed by atoms with Crippen molar-refractivity contribution < 1.29 is 9.53 Å². The molecule has 1 fully saturated rings. The van der Waals surface area contributed by atoms with Crippen LogP contribution in [0.25, 0.3) is 0 Å². The molecule has 1 aliphatic rings. The Morgan fingerprint density at radius 3 is 3.00 bits per heavy atom. The van der Waals surface area contributed by atoms with Gasteiger partial charge in [-0.15, -0.1) is 0 Å². The van der Waals surface area contributed by atoms with E-state index in [0.717, 1.165) is 23.5 Å². The number of hydrogen-bond donors (Lipinski definition) is 1. The number of carbonyl (C=O) groups is 1. The third-order valence-corrected chi connectivity index (χ3v) is 4.69. The van der Waals surface area contributed by atoms with E-state index in [1.807, 2.05) is 37.2 Å². The van der Waals surface area contributed by atoms with Crippen molar-refractivity contribution in [2.75, 3.05) is 18.4 Å². The topological polar surface area (TPSA) is 59.4 Å². The fourth-order valence-corrected chi connectivity index (χ4v) is 3.47. The molecule has 3 rings (SSSR count). The molecule has 2 aromatic heterocycles. The van der Waals surface area contributed by atoms with E-state index in [4.69, 9.17) is 4.74 Å². The fourth-order valence-electron chi connectivity index (χ4n) is 2.76. The first-order valence-electron chi connectivity index (χ1n) is 7.83. The maximum atomic E-state index is 12.6. The maximum Gasteiger partial charge on any atom is 0.323 e. The van der Waals surface area contributed by atoms with Gasteiger partial charge in [-0.05, 0) is 35.7 Å². The number of urea groups is 1. The summed E-state index contributed by atoms with van der Waals surface area (Å²) < 4.78 is 7.68. The summed E-state index contributed by atoms with van der Waals surface area (Å²) in [6, 6.07) is 3.86. The van der Waals surface area contributed by atoms with Crippen molar-refractivity contribution in [2.45, 2.75) is 32.5 Å². The number of rotatable bonds is 3. The molecule has 0 unspecified atom stereocenters. The van der Waals surface area contributed by atoms with Crippen LogP contribution in [0.15, 0.2) is 22.9 Å². The molecule has 6 nitrogen and oxygen atoms in total. The molecule has 0 spiro atoms. The van der Waals surface area contributed by atoms with E-state index in [9.17, 15) is 4.79 Å². The number of amides is 2. The van der Waals surface area contributed by atoms with Gasteiger partial charge in [-0.3, -0.25) is 10.00 Å². The van der Waals surface area contributed by atoms with Crippen LogP contribution in [0, 0.1) is 0 Å². The van der Waals surface area contributed by atoms with Crippen molar-refractivity contribution in [2.24, 2.45) is 7.05 Å². The van der Waals surface area contributed by atoms with E-state index in [0.29, 0.717) is 13.1 Å². The highest BCUT2D eigenvalue weighted by molar-refractivity contribution is 7.07. The summed E-state index contributed by atoms with van der Waals surface area (Å²) in [5.74, 6) is 0.720. The minimum Gasteiger partial charge on any atom is -0.367 e. The van der Waals surface area contributed by atoms with Gasteiger partial charge >= 0.3 is 6.03 Å². The zero-order chi connectivity index (χ0) is 16.4. The van der Waals surface area contributed by atoms with Crippen molar-refractivity contribution >= 4 is 23.2 Å². The molecule has 0 saturated carbocycles. The average molecular weight is 334 g/mol. The number of hydrogen-bond acceptors (Lipinski definition) is 4. The Balaban J connectivity index is 1.69. The zero-order valence-electron chi connectivity index (χ0n) is 13.7. The van der Waals surface area contributed by atoms with Crippen LogP contribution < -0.4 is 5.32 Å². The lowest BCUT2D eigenvalue weighted by Crippen LogP contribution is -2.47. The van der Waals surface area contributed by atoms with Gasteiger partial charge in [-0.25, -0.2) is 4.79 Å². The first-order valence-corrected chi connectivity index (χ1v) is 8.77. The van der Waals surface area contributed by atoms with E-state index >= 15 is 0 Å². The van der Waals surface area contributed by atoms with Gasteiger partial charge in [0, 0.05) is 19.7 Å². The van der Waals surface area contributed by atoms with Crippen molar-refractivity contribution in [3.8, 4) is 0 Å². The number of ether oxygens (including phenoxy) is 1.